The quantitative estimate of drug-likeness (QED) is 0.121. The number of hydrogen-bond acceptors (Lipinski definition) is 4. The molecule has 0 atom stereocenters. The Hall–Kier alpha value is -16.4. The predicted octanol–water partition coefficient (Wildman–Crippen LogP) is 33.9. The molecule has 0 saturated carbocycles. The van der Waals surface area contributed by atoms with Gasteiger partial charge in [0.1, 0.15) is 0 Å². The fourth-order valence-corrected chi connectivity index (χ4v) is 23.7. The monoisotopic (exact) mass is 1680 g/mol. The molecule has 0 unspecified atom stereocenters. The van der Waals surface area contributed by atoms with Crippen LogP contribution in [0.2, 0.25) is 0 Å². The molecular formula is C128H92N4. The third-order valence-electron chi connectivity index (χ3n) is 29.3. The highest BCUT2D eigenvalue weighted by molar-refractivity contribution is 6.08. The molecule has 132 heavy (non-hydrogen) atoms. The van der Waals surface area contributed by atoms with E-state index in [1.807, 2.05) is 0 Å². The van der Waals surface area contributed by atoms with Crippen LogP contribution in [0, 0.1) is 0 Å². The van der Waals surface area contributed by atoms with Crippen LogP contribution in [0.4, 0.5) is 68.2 Å². The standard InChI is InChI=1S/2C64H46N2/c1-63(2)52-32-14-12-28-49(52)50-41-40-46(42-57(50)63)66(62-47(43-22-6-3-7-23-43)30-20-31-48(62)44-24-8-4-9-25-44)60-39-21-36-56-61(60)51-29-13-15-33-53(51)64(56)54-34-16-18-37-58(54)65(45-26-10-5-11-27-45)59-38-19-17-35-55(59)64;1-63(2)52-29-14-12-27-49(52)50-40-38-47(42-57(50)63)66(61-41-45(43-21-6-3-7-22-43)37-39-48(61)44-23-8-4-9-24-44)60-36-20-33-56-62(60)51-28-13-15-30-53(51)64(56)54-31-16-18-34-58(54)65(46-25-10-5-11-26-46)59-35-19-17-32-55(59)64/h2*3-42H,1-2H3. The first-order chi connectivity index (χ1) is 65.1. The van der Waals surface area contributed by atoms with Gasteiger partial charge in [0, 0.05) is 61.4 Å². The number of anilines is 12. The van der Waals surface area contributed by atoms with Crippen molar-refractivity contribution in [1.29, 1.82) is 0 Å². The zero-order valence-electron chi connectivity index (χ0n) is 74.0. The lowest BCUT2D eigenvalue weighted by molar-refractivity contribution is 0.660. The van der Waals surface area contributed by atoms with Gasteiger partial charge in [-0.3, -0.25) is 0 Å². The number of benzene rings is 20. The van der Waals surface area contributed by atoms with Crippen LogP contribution in [0.3, 0.4) is 0 Å². The molecule has 0 fully saturated rings. The van der Waals surface area contributed by atoms with Crippen LogP contribution >= 0.6 is 0 Å². The summed E-state index contributed by atoms with van der Waals surface area (Å²) in [5.41, 5.74) is 47.6. The Bertz CT molecular complexity index is 7820. The van der Waals surface area contributed by atoms with Gasteiger partial charge >= 0.3 is 0 Å². The summed E-state index contributed by atoms with van der Waals surface area (Å²) in [6.07, 6.45) is 0. The average molecular weight is 1690 g/mol. The zero-order valence-corrected chi connectivity index (χ0v) is 74.0. The topological polar surface area (TPSA) is 13.0 Å². The van der Waals surface area contributed by atoms with Crippen LogP contribution in [0.15, 0.2) is 485 Å². The van der Waals surface area contributed by atoms with Gasteiger partial charge in [0.15, 0.2) is 0 Å². The highest BCUT2D eigenvalue weighted by Crippen LogP contribution is 2.69. The molecule has 2 spiro atoms. The van der Waals surface area contributed by atoms with E-state index < -0.39 is 10.8 Å². The van der Waals surface area contributed by atoms with Crippen molar-refractivity contribution in [2.24, 2.45) is 0 Å². The molecule has 624 valence electrons. The summed E-state index contributed by atoms with van der Waals surface area (Å²) >= 11 is 0. The molecule has 20 aromatic carbocycles. The SMILES string of the molecule is CC1(C)c2ccccc2-c2ccc(N(c3cc(-c4ccccc4)ccc3-c3ccccc3)c3cccc4c3-c3ccccc3C43c4ccccc4N(c4ccccc4)c4ccccc43)cc21.CC1(C)c2ccccc2-c2ccc(N(c3cccc4c3-c3ccccc3C43c4ccccc4N(c4ccccc4)c4ccccc43)c3c(-c4ccccc4)cccc3-c3ccccc3)cc21. The van der Waals surface area contributed by atoms with E-state index in [9.17, 15) is 0 Å². The van der Waals surface area contributed by atoms with E-state index >= 15 is 0 Å². The second-order valence-electron chi connectivity index (χ2n) is 36.8. The van der Waals surface area contributed by atoms with Crippen LogP contribution in [0.25, 0.3) is 89.0 Å². The van der Waals surface area contributed by atoms with Crippen molar-refractivity contribution in [1.82, 2.24) is 0 Å². The first-order valence-electron chi connectivity index (χ1n) is 46.2. The molecule has 0 radical (unpaired) electrons. The lowest BCUT2D eigenvalue weighted by atomic mass is 9.64. The minimum Gasteiger partial charge on any atom is -0.310 e. The van der Waals surface area contributed by atoms with Crippen molar-refractivity contribution in [2.75, 3.05) is 19.6 Å². The highest BCUT2D eigenvalue weighted by atomic mass is 15.2. The third kappa shape index (κ3) is 11.6. The van der Waals surface area contributed by atoms with Gasteiger partial charge in [-0.05, 0) is 219 Å². The van der Waals surface area contributed by atoms with Crippen molar-refractivity contribution in [3.05, 3.63) is 552 Å². The Labute approximate surface area is 772 Å². The maximum atomic E-state index is 2.61. The highest BCUT2D eigenvalue weighted by Gasteiger charge is 2.55. The van der Waals surface area contributed by atoms with Gasteiger partial charge in [-0.1, -0.05) is 422 Å². The molecule has 4 heteroatoms. The molecule has 4 nitrogen and oxygen atoms in total. The normalized spacial score (nSPS) is 14.1. The van der Waals surface area contributed by atoms with Crippen molar-refractivity contribution in [2.45, 2.75) is 49.4 Å². The smallest absolute Gasteiger partial charge is 0.0755 e. The number of fused-ring (bicyclic) bond motifs is 24. The van der Waals surface area contributed by atoms with E-state index in [0.717, 1.165) is 45.5 Å². The van der Waals surface area contributed by atoms with E-state index in [4.69, 9.17) is 0 Å². The van der Waals surface area contributed by atoms with E-state index in [2.05, 4.69) is 533 Å². The van der Waals surface area contributed by atoms with Gasteiger partial charge < -0.3 is 19.6 Å². The molecule has 20 aromatic rings. The maximum Gasteiger partial charge on any atom is 0.0755 e. The zero-order chi connectivity index (χ0) is 88.0. The second-order valence-corrected chi connectivity index (χ2v) is 36.8. The third-order valence-corrected chi connectivity index (χ3v) is 29.3. The fraction of sp³-hybridized carbons (Fsp3) is 0.0625. The summed E-state index contributed by atoms with van der Waals surface area (Å²) in [7, 11) is 0. The van der Waals surface area contributed by atoms with E-state index in [-0.39, 0.29) is 10.8 Å². The summed E-state index contributed by atoms with van der Waals surface area (Å²) in [6.45, 7) is 9.54. The van der Waals surface area contributed by atoms with Crippen LogP contribution in [0.1, 0.15) is 94.5 Å². The largest absolute Gasteiger partial charge is 0.310 e. The minimum atomic E-state index is -0.602. The van der Waals surface area contributed by atoms with Crippen LogP contribution in [-0.2, 0) is 21.7 Å². The molecule has 2 heterocycles. The number of para-hydroxylation sites is 7. The van der Waals surface area contributed by atoms with E-state index in [0.29, 0.717) is 0 Å². The summed E-state index contributed by atoms with van der Waals surface area (Å²) in [5.74, 6) is 0. The van der Waals surface area contributed by atoms with Gasteiger partial charge in [0.05, 0.1) is 56.3 Å². The molecule has 6 aliphatic rings. The van der Waals surface area contributed by atoms with Crippen molar-refractivity contribution in [3.63, 3.8) is 0 Å². The molecule has 0 amide bonds. The first-order valence-corrected chi connectivity index (χ1v) is 46.2. The second kappa shape index (κ2) is 30.7. The van der Waals surface area contributed by atoms with Crippen molar-refractivity contribution in [3.8, 4) is 89.0 Å². The Morgan fingerprint density at radius 1 is 0.174 bits per heavy atom. The van der Waals surface area contributed by atoms with Crippen LogP contribution in [-0.4, -0.2) is 0 Å². The summed E-state index contributed by atoms with van der Waals surface area (Å²) < 4.78 is 0. The summed E-state index contributed by atoms with van der Waals surface area (Å²) in [5, 5.41) is 0. The molecule has 0 aromatic heterocycles. The molecule has 0 N–H and O–H groups in total. The van der Waals surface area contributed by atoms with Crippen molar-refractivity contribution >= 4 is 68.2 Å². The number of hydrogen-bond donors (Lipinski definition) is 0. The molecule has 0 bridgehead atoms. The Morgan fingerprint density at radius 3 is 0.871 bits per heavy atom. The summed E-state index contributed by atoms with van der Waals surface area (Å²) in [6, 6.07) is 180. The van der Waals surface area contributed by atoms with Gasteiger partial charge in [0.25, 0.3) is 0 Å². The number of rotatable bonds is 12. The Kier molecular flexibility index (Phi) is 18.1. The van der Waals surface area contributed by atoms with Crippen LogP contribution in [0.5, 0.6) is 0 Å². The molecule has 26 rings (SSSR count). The Morgan fingerprint density at radius 2 is 0.462 bits per heavy atom. The van der Waals surface area contributed by atoms with Crippen LogP contribution < -0.4 is 19.6 Å². The van der Waals surface area contributed by atoms with Gasteiger partial charge in [0.2, 0.25) is 0 Å². The van der Waals surface area contributed by atoms with Crippen molar-refractivity contribution < 1.29 is 0 Å². The maximum absolute atomic E-state index is 2.61. The lowest BCUT2D eigenvalue weighted by Crippen LogP contribution is -2.36. The van der Waals surface area contributed by atoms with E-state index in [1.165, 1.54) is 179 Å². The summed E-state index contributed by atoms with van der Waals surface area (Å²) in [4.78, 5) is 10.1. The number of nitrogens with zero attached hydrogens (tertiary/aromatic N) is 4. The predicted molar refractivity (Wildman–Crippen MR) is 550 cm³/mol. The van der Waals surface area contributed by atoms with E-state index in [1.54, 1.807) is 0 Å². The first kappa shape index (κ1) is 77.9. The fourth-order valence-electron chi connectivity index (χ4n) is 23.7. The molecule has 0 saturated heterocycles. The molecule has 4 aliphatic carbocycles. The average Bonchev–Trinajstić information content (AvgIpc) is 1.50. The van der Waals surface area contributed by atoms with Gasteiger partial charge in [-0.15, -0.1) is 0 Å². The van der Waals surface area contributed by atoms with Gasteiger partial charge in [-0.2, -0.15) is 0 Å². The Balaban J connectivity index is 0.000000142. The van der Waals surface area contributed by atoms with Gasteiger partial charge in [-0.25, -0.2) is 0 Å². The molecule has 2 aliphatic heterocycles. The molecular weight excluding hydrogens is 1590 g/mol. The lowest BCUT2D eigenvalue weighted by Gasteiger charge is -2.45. The minimum absolute atomic E-state index is 0.183.